The molecule has 1 saturated heterocycles. The van der Waals surface area contributed by atoms with Crippen molar-refractivity contribution in [2.75, 3.05) is 31.5 Å². The number of urea groups is 1. The number of carbonyl (C=O) groups is 1. The van der Waals surface area contributed by atoms with E-state index >= 15 is 0 Å². The second-order valence-electron chi connectivity index (χ2n) is 4.89. The number of amides is 2. The Bertz CT molecular complexity index is 421. The Morgan fingerprint density at radius 2 is 2.16 bits per heavy atom. The Kier molecular flexibility index (Phi) is 5.05. The largest absolute Gasteiger partial charge is 0.338 e. The molecule has 2 N–H and O–H groups in total. The molecular formula is C14H20ClN3O. The SMILES string of the molecule is CCN1CC[C@H](CNC(=O)Nc2ccc(Cl)cc2)C1. The molecule has 0 saturated carbocycles. The minimum absolute atomic E-state index is 0.155. The lowest BCUT2D eigenvalue weighted by Gasteiger charge is -2.14. The lowest BCUT2D eigenvalue weighted by Crippen LogP contribution is -2.34. The van der Waals surface area contributed by atoms with Crippen molar-refractivity contribution < 1.29 is 4.79 Å². The van der Waals surface area contributed by atoms with Crippen molar-refractivity contribution in [1.29, 1.82) is 0 Å². The number of hydrogen-bond donors (Lipinski definition) is 2. The van der Waals surface area contributed by atoms with Gasteiger partial charge in [-0.2, -0.15) is 0 Å². The molecular weight excluding hydrogens is 262 g/mol. The molecule has 0 spiro atoms. The summed E-state index contributed by atoms with van der Waals surface area (Å²) in [5.74, 6) is 0.566. The van der Waals surface area contributed by atoms with Gasteiger partial charge in [0.05, 0.1) is 0 Å². The highest BCUT2D eigenvalue weighted by molar-refractivity contribution is 6.30. The molecule has 5 heteroatoms. The van der Waals surface area contributed by atoms with E-state index in [1.165, 1.54) is 0 Å². The molecule has 0 unspecified atom stereocenters. The van der Waals surface area contributed by atoms with Crippen LogP contribution in [-0.2, 0) is 0 Å². The molecule has 1 aromatic rings. The summed E-state index contributed by atoms with van der Waals surface area (Å²) in [6.45, 7) is 6.21. The molecule has 1 heterocycles. The third kappa shape index (κ3) is 4.40. The first-order chi connectivity index (χ1) is 9.17. The van der Waals surface area contributed by atoms with Crippen molar-refractivity contribution in [3.63, 3.8) is 0 Å². The van der Waals surface area contributed by atoms with Gasteiger partial charge in [-0.05, 0) is 49.7 Å². The first-order valence-electron chi connectivity index (χ1n) is 6.70. The van der Waals surface area contributed by atoms with E-state index in [0.717, 1.165) is 38.3 Å². The maximum absolute atomic E-state index is 11.7. The quantitative estimate of drug-likeness (QED) is 0.891. The van der Waals surface area contributed by atoms with Crippen molar-refractivity contribution in [2.24, 2.45) is 5.92 Å². The summed E-state index contributed by atoms with van der Waals surface area (Å²) in [5, 5.41) is 6.38. The van der Waals surface area contributed by atoms with Crippen molar-refractivity contribution in [3.05, 3.63) is 29.3 Å². The van der Waals surface area contributed by atoms with Gasteiger partial charge in [-0.15, -0.1) is 0 Å². The molecule has 2 rings (SSSR count). The van der Waals surface area contributed by atoms with Crippen LogP contribution in [-0.4, -0.2) is 37.1 Å². The zero-order chi connectivity index (χ0) is 13.7. The molecule has 4 nitrogen and oxygen atoms in total. The lowest BCUT2D eigenvalue weighted by atomic mass is 10.1. The topological polar surface area (TPSA) is 44.4 Å². The highest BCUT2D eigenvalue weighted by Gasteiger charge is 2.21. The van der Waals surface area contributed by atoms with Gasteiger partial charge in [-0.25, -0.2) is 4.79 Å². The molecule has 1 fully saturated rings. The number of halogens is 1. The first-order valence-corrected chi connectivity index (χ1v) is 7.08. The molecule has 1 aliphatic heterocycles. The Morgan fingerprint density at radius 3 is 2.79 bits per heavy atom. The van der Waals surface area contributed by atoms with E-state index < -0.39 is 0 Å². The van der Waals surface area contributed by atoms with Gasteiger partial charge in [0.1, 0.15) is 0 Å². The fraction of sp³-hybridized carbons (Fsp3) is 0.500. The maximum Gasteiger partial charge on any atom is 0.319 e. The number of likely N-dealkylation sites (tertiary alicyclic amines) is 1. The first kappa shape index (κ1) is 14.2. The van der Waals surface area contributed by atoms with E-state index in [1.807, 2.05) is 0 Å². The van der Waals surface area contributed by atoms with E-state index in [9.17, 15) is 4.79 Å². The molecule has 0 aliphatic carbocycles. The Labute approximate surface area is 119 Å². The van der Waals surface area contributed by atoms with E-state index in [2.05, 4.69) is 22.5 Å². The van der Waals surface area contributed by atoms with Crippen LogP contribution in [0, 0.1) is 5.92 Å². The fourth-order valence-corrected chi connectivity index (χ4v) is 2.44. The van der Waals surface area contributed by atoms with Crippen LogP contribution in [0.25, 0.3) is 0 Å². The number of carbonyl (C=O) groups excluding carboxylic acids is 1. The summed E-state index contributed by atoms with van der Waals surface area (Å²) in [7, 11) is 0. The summed E-state index contributed by atoms with van der Waals surface area (Å²) in [6, 6.07) is 6.94. The zero-order valence-electron chi connectivity index (χ0n) is 11.2. The molecule has 1 aromatic carbocycles. The number of nitrogens with zero attached hydrogens (tertiary/aromatic N) is 1. The Hall–Kier alpha value is -1.26. The van der Waals surface area contributed by atoms with Gasteiger partial charge in [0.15, 0.2) is 0 Å². The number of hydrogen-bond acceptors (Lipinski definition) is 2. The highest BCUT2D eigenvalue weighted by Crippen LogP contribution is 2.15. The van der Waals surface area contributed by atoms with Crippen LogP contribution in [0.1, 0.15) is 13.3 Å². The normalized spacial score (nSPS) is 19.4. The lowest BCUT2D eigenvalue weighted by molar-refractivity contribution is 0.250. The summed E-state index contributed by atoms with van der Waals surface area (Å²) in [4.78, 5) is 14.1. The molecule has 1 aliphatic rings. The van der Waals surface area contributed by atoms with Gasteiger partial charge in [-0.3, -0.25) is 0 Å². The van der Waals surface area contributed by atoms with Crippen molar-refractivity contribution in [2.45, 2.75) is 13.3 Å². The molecule has 19 heavy (non-hydrogen) atoms. The van der Waals surface area contributed by atoms with Crippen molar-refractivity contribution in [1.82, 2.24) is 10.2 Å². The predicted molar refractivity (Wildman–Crippen MR) is 78.7 cm³/mol. The van der Waals surface area contributed by atoms with Gasteiger partial charge < -0.3 is 15.5 Å². The van der Waals surface area contributed by atoms with Crippen LogP contribution in [0.2, 0.25) is 5.02 Å². The monoisotopic (exact) mass is 281 g/mol. The minimum Gasteiger partial charge on any atom is -0.338 e. The van der Waals surface area contributed by atoms with Gasteiger partial charge in [0.2, 0.25) is 0 Å². The van der Waals surface area contributed by atoms with Crippen LogP contribution >= 0.6 is 11.6 Å². The van der Waals surface area contributed by atoms with E-state index in [1.54, 1.807) is 24.3 Å². The van der Waals surface area contributed by atoms with Crippen LogP contribution < -0.4 is 10.6 Å². The summed E-state index contributed by atoms with van der Waals surface area (Å²) < 4.78 is 0. The third-order valence-electron chi connectivity index (χ3n) is 3.47. The average molecular weight is 282 g/mol. The van der Waals surface area contributed by atoms with Gasteiger partial charge in [-0.1, -0.05) is 18.5 Å². The number of benzene rings is 1. The second-order valence-corrected chi connectivity index (χ2v) is 5.33. The van der Waals surface area contributed by atoms with Gasteiger partial charge >= 0.3 is 6.03 Å². The number of anilines is 1. The molecule has 2 amide bonds. The van der Waals surface area contributed by atoms with Gasteiger partial charge in [0, 0.05) is 23.8 Å². The smallest absolute Gasteiger partial charge is 0.319 e. The molecule has 104 valence electrons. The average Bonchev–Trinajstić information content (AvgIpc) is 2.87. The molecule has 1 atom stereocenters. The summed E-state index contributed by atoms with van der Waals surface area (Å²) >= 11 is 5.79. The standard InChI is InChI=1S/C14H20ClN3O/c1-2-18-8-7-11(10-18)9-16-14(19)17-13-5-3-12(15)4-6-13/h3-6,11H,2,7-10H2,1H3,(H2,16,17,19)/t11-/m1/s1. The second kappa shape index (κ2) is 6.78. The fourth-order valence-electron chi connectivity index (χ4n) is 2.31. The predicted octanol–water partition coefficient (Wildman–Crippen LogP) is 2.80. The van der Waals surface area contributed by atoms with Crippen LogP contribution in [0.4, 0.5) is 10.5 Å². The van der Waals surface area contributed by atoms with E-state index in [-0.39, 0.29) is 6.03 Å². The third-order valence-corrected chi connectivity index (χ3v) is 3.72. The number of rotatable bonds is 4. The van der Waals surface area contributed by atoms with Crippen molar-refractivity contribution >= 4 is 23.3 Å². The molecule has 0 radical (unpaired) electrons. The molecule has 0 aromatic heterocycles. The Morgan fingerprint density at radius 1 is 1.42 bits per heavy atom. The van der Waals surface area contributed by atoms with Crippen LogP contribution in [0.5, 0.6) is 0 Å². The maximum atomic E-state index is 11.7. The van der Waals surface area contributed by atoms with Crippen LogP contribution in [0.3, 0.4) is 0 Å². The molecule has 0 bridgehead atoms. The van der Waals surface area contributed by atoms with Crippen molar-refractivity contribution in [3.8, 4) is 0 Å². The van der Waals surface area contributed by atoms with E-state index in [0.29, 0.717) is 10.9 Å². The summed E-state index contributed by atoms with van der Waals surface area (Å²) in [6.07, 6.45) is 1.16. The zero-order valence-corrected chi connectivity index (χ0v) is 11.9. The Balaban J connectivity index is 1.71. The van der Waals surface area contributed by atoms with Gasteiger partial charge in [0.25, 0.3) is 0 Å². The highest BCUT2D eigenvalue weighted by atomic mass is 35.5. The number of nitrogens with one attached hydrogen (secondary N) is 2. The minimum atomic E-state index is -0.155. The van der Waals surface area contributed by atoms with Crippen LogP contribution in [0.15, 0.2) is 24.3 Å². The summed E-state index contributed by atoms with van der Waals surface area (Å²) in [5.41, 5.74) is 0.753. The van der Waals surface area contributed by atoms with E-state index in [4.69, 9.17) is 11.6 Å².